The summed E-state index contributed by atoms with van der Waals surface area (Å²) in [4.78, 5) is 16.4. The van der Waals surface area contributed by atoms with Crippen molar-refractivity contribution in [3.8, 4) is 0 Å². The molecule has 0 saturated carbocycles. The lowest BCUT2D eigenvalue weighted by molar-refractivity contribution is -0.119. The Kier molecular flexibility index (Phi) is 3.23. The first-order valence-corrected chi connectivity index (χ1v) is 7.16. The van der Waals surface area contributed by atoms with Crippen LogP contribution in [0.3, 0.4) is 0 Å². The van der Waals surface area contributed by atoms with Gasteiger partial charge in [-0.3, -0.25) is 9.48 Å². The molecule has 0 aliphatic heterocycles. The average molecular weight is 286 g/mol. The Morgan fingerprint density at radius 1 is 1.45 bits per heavy atom. The minimum Gasteiger partial charge on any atom is -0.324 e. The van der Waals surface area contributed by atoms with Crippen LogP contribution >= 0.6 is 11.3 Å². The number of benzene rings is 1. The Morgan fingerprint density at radius 3 is 3.05 bits per heavy atom. The molecule has 2 aromatic heterocycles. The van der Waals surface area contributed by atoms with Gasteiger partial charge >= 0.3 is 0 Å². The standard InChI is InChI=1S/C14H14N4OS/c1-9-6-16-18(7-9)10(2)14(19)17-11-3-4-13-12(5-11)15-8-20-13/h3-8,10H,1-2H3,(H,17,19). The molecule has 1 unspecified atom stereocenters. The van der Waals surface area contributed by atoms with E-state index < -0.39 is 0 Å². The molecule has 1 N–H and O–H groups in total. The van der Waals surface area contributed by atoms with Gasteiger partial charge in [-0.2, -0.15) is 5.10 Å². The van der Waals surface area contributed by atoms with Crippen molar-refractivity contribution in [1.29, 1.82) is 0 Å². The van der Waals surface area contributed by atoms with E-state index in [1.807, 2.05) is 38.2 Å². The van der Waals surface area contributed by atoms with E-state index in [0.29, 0.717) is 0 Å². The molecule has 0 fully saturated rings. The number of aromatic nitrogens is 3. The third-order valence-corrected chi connectivity index (χ3v) is 3.91. The molecule has 102 valence electrons. The van der Waals surface area contributed by atoms with Gasteiger partial charge in [-0.25, -0.2) is 4.98 Å². The van der Waals surface area contributed by atoms with Crippen LogP contribution in [0.4, 0.5) is 5.69 Å². The van der Waals surface area contributed by atoms with E-state index in [9.17, 15) is 4.79 Å². The van der Waals surface area contributed by atoms with Gasteiger partial charge < -0.3 is 5.32 Å². The summed E-state index contributed by atoms with van der Waals surface area (Å²) in [6.45, 7) is 3.77. The molecule has 2 heterocycles. The monoisotopic (exact) mass is 286 g/mol. The second kappa shape index (κ2) is 5.05. The van der Waals surface area contributed by atoms with Crippen molar-refractivity contribution in [2.24, 2.45) is 0 Å². The van der Waals surface area contributed by atoms with Crippen LogP contribution in [-0.4, -0.2) is 20.7 Å². The third kappa shape index (κ3) is 2.42. The lowest BCUT2D eigenvalue weighted by Crippen LogP contribution is -2.23. The van der Waals surface area contributed by atoms with E-state index in [1.165, 1.54) is 0 Å². The summed E-state index contributed by atoms with van der Waals surface area (Å²) in [5, 5.41) is 7.06. The Hall–Kier alpha value is -2.21. The van der Waals surface area contributed by atoms with Crippen LogP contribution in [0.1, 0.15) is 18.5 Å². The van der Waals surface area contributed by atoms with Crippen molar-refractivity contribution in [3.05, 3.63) is 41.7 Å². The highest BCUT2D eigenvalue weighted by molar-refractivity contribution is 7.16. The number of aryl methyl sites for hydroxylation is 1. The molecule has 3 rings (SSSR count). The number of anilines is 1. The van der Waals surface area contributed by atoms with Crippen LogP contribution in [0.2, 0.25) is 0 Å². The fourth-order valence-corrected chi connectivity index (χ4v) is 2.61. The van der Waals surface area contributed by atoms with E-state index >= 15 is 0 Å². The summed E-state index contributed by atoms with van der Waals surface area (Å²) in [5.41, 5.74) is 4.49. The first kappa shape index (κ1) is 12.8. The molecule has 1 aromatic carbocycles. The molecule has 0 radical (unpaired) electrons. The van der Waals surface area contributed by atoms with Gasteiger partial charge in [-0.15, -0.1) is 11.3 Å². The van der Waals surface area contributed by atoms with Gasteiger partial charge in [0, 0.05) is 11.9 Å². The van der Waals surface area contributed by atoms with Crippen LogP contribution in [0.15, 0.2) is 36.1 Å². The summed E-state index contributed by atoms with van der Waals surface area (Å²) in [5.74, 6) is -0.0947. The maximum Gasteiger partial charge on any atom is 0.248 e. The highest BCUT2D eigenvalue weighted by Crippen LogP contribution is 2.22. The van der Waals surface area contributed by atoms with Crippen molar-refractivity contribution in [2.45, 2.75) is 19.9 Å². The molecular weight excluding hydrogens is 272 g/mol. The highest BCUT2D eigenvalue weighted by Gasteiger charge is 2.15. The number of nitrogens with zero attached hydrogens (tertiary/aromatic N) is 3. The molecular formula is C14H14N4OS. The smallest absolute Gasteiger partial charge is 0.248 e. The van der Waals surface area contributed by atoms with E-state index in [1.54, 1.807) is 27.7 Å². The predicted octanol–water partition coefficient (Wildman–Crippen LogP) is 3.00. The van der Waals surface area contributed by atoms with E-state index in [-0.39, 0.29) is 11.9 Å². The molecule has 0 aliphatic rings. The molecule has 1 amide bonds. The topological polar surface area (TPSA) is 59.8 Å². The Morgan fingerprint density at radius 2 is 2.30 bits per heavy atom. The zero-order valence-electron chi connectivity index (χ0n) is 11.2. The number of thiazole rings is 1. The maximum absolute atomic E-state index is 12.2. The molecule has 0 bridgehead atoms. The second-order valence-corrected chi connectivity index (χ2v) is 5.58. The van der Waals surface area contributed by atoms with Crippen LogP contribution in [0, 0.1) is 6.92 Å². The van der Waals surface area contributed by atoms with Gasteiger partial charge in [0.15, 0.2) is 0 Å². The van der Waals surface area contributed by atoms with Gasteiger partial charge in [0.05, 0.1) is 21.9 Å². The second-order valence-electron chi connectivity index (χ2n) is 4.70. The Bertz CT molecular complexity index is 761. The number of amides is 1. The summed E-state index contributed by atoms with van der Waals surface area (Å²) in [6.07, 6.45) is 3.60. The molecule has 20 heavy (non-hydrogen) atoms. The van der Waals surface area contributed by atoms with E-state index in [4.69, 9.17) is 0 Å². The van der Waals surface area contributed by atoms with Gasteiger partial charge in [-0.05, 0) is 37.6 Å². The van der Waals surface area contributed by atoms with Gasteiger partial charge in [0.1, 0.15) is 6.04 Å². The van der Waals surface area contributed by atoms with Crippen molar-refractivity contribution < 1.29 is 4.79 Å². The summed E-state index contributed by atoms with van der Waals surface area (Å²) < 4.78 is 2.77. The van der Waals surface area contributed by atoms with Crippen LogP contribution in [-0.2, 0) is 4.79 Å². The summed E-state index contributed by atoms with van der Waals surface area (Å²) >= 11 is 1.58. The van der Waals surface area contributed by atoms with Crippen LogP contribution < -0.4 is 5.32 Å². The maximum atomic E-state index is 12.2. The van der Waals surface area contributed by atoms with Crippen molar-refractivity contribution in [1.82, 2.24) is 14.8 Å². The minimum absolute atomic E-state index is 0.0947. The number of nitrogens with one attached hydrogen (secondary N) is 1. The molecule has 3 aromatic rings. The average Bonchev–Trinajstić information content (AvgIpc) is 3.05. The predicted molar refractivity (Wildman–Crippen MR) is 79.9 cm³/mol. The largest absolute Gasteiger partial charge is 0.324 e. The third-order valence-electron chi connectivity index (χ3n) is 3.10. The molecule has 1 atom stereocenters. The lowest BCUT2D eigenvalue weighted by Gasteiger charge is -2.12. The number of hydrogen-bond donors (Lipinski definition) is 1. The first-order chi connectivity index (χ1) is 9.63. The molecule has 0 saturated heterocycles. The van der Waals surface area contributed by atoms with Gasteiger partial charge in [0.25, 0.3) is 0 Å². The van der Waals surface area contributed by atoms with Crippen LogP contribution in [0.25, 0.3) is 10.2 Å². The van der Waals surface area contributed by atoms with Crippen molar-refractivity contribution in [3.63, 3.8) is 0 Å². The Balaban J connectivity index is 1.77. The zero-order chi connectivity index (χ0) is 14.1. The minimum atomic E-state index is -0.352. The van der Waals surface area contributed by atoms with E-state index in [0.717, 1.165) is 21.5 Å². The SMILES string of the molecule is Cc1cnn(C(C)C(=O)Nc2ccc3scnc3c2)c1. The Labute approximate surface area is 120 Å². The summed E-state index contributed by atoms with van der Waals surface area (Å²) in [6, 6.07) is 5.38. The normalized spacial score (nSPS) is 12.5. The van der Waals surface area contributed by atoms with Gasteiger partial charge in [0.2, 0.25) is 5.91 Å². The first-order valence-electron chi connectivity index (χ1n) is 6.28. The number of fused-ring (bicyclic) bond motifs is 1. The fourth-order valence-electron chi connectivity index (χ4n) is 1.95. The summed E-state index contributed by atoms with van der Waals surface area (Å²) in [7, 11) is 0. The van der Waals surface area contributed by atoms with Crippen LogP contribution in [0.5, 0.6) is 0 Å². The van der Waals surface area contributed by atoms with E-state index in [2.05, 4.69) is 15.4 Å². The molecule has 0 spiro atoms. The number of hydrogen-bond acceptors (Lipinski definition) is 4. The molecule has 0 aliphatic carbocycles. The highest BCUT2D eigenvalue weighted by atomic mass is 32.1. The van der Waals surface area contributed by atoms with Gasteiger partial charge in [-0.1, -0.05) is 0 Å². The van der Waals surface area contributed by atoms with Crippen molar-refractivity contribution in [2.75, 3.05) is 5.32 Å². The number of rotatable bonds is 3. The lowest BCUT2D eigenvalue weighted by atomic mass is 10.2. The molecule has 6 heteroatoms. The molecule has 5 nitrogen and oxygen atoms in total. The number of carbonyl (C=O) groups excluding carboxylic acids is 1. The zero-order valence-corrected chi connectivity index (χ0v) is 12.0. The number of carbonyl (C=O) groups is 1. The fraction of sp³-hybridized carbons (Fsp3) is 0.214. The quantitative estimate of drug-likeness (QED) is 0.805. The van der Waals surface area contributed by atoms with Crippen molar-refractivity contribution >= 4 is 33.1 Å².